The third kappa shape index (κ3) is 3.04. The van der Waals surface area contributed by atoms with Crippen LogP contribution in [0.5, 0.6) is 0 Å². The first-order chi connectivity index (χ1) is 7.78. The molecule has 5 nitrogen and oxygen atoms in total. The maximum absolute atomic E-state index is 8.85. The van der Waals surface area contributed by atoms with Crippen LogP contribution in [0.15, 0.2) is 10.6 Å². The van der Waals surface area contributed by atoms with E-state index < -0.39 is 0 Å². The number of aliphatic hydroxyl groups is 1. The number of hydrogen-bond donors (Lipinski definition) is 1. The van der Waals surface area contributed by atoms with E-state index in [2.05, 4.69) is 21.8 Å². The van der Waals surface area contributed by atoms with Crippen molar-refractivity contribution in [1.82, 2.24) is 14.8 Å². The van der Waals surface area contributed by atoms with Crippen molar-refractivity contribution >= 4 is 0 Å². The molecule has 1 saturated heterocycles. The Kier molecular flexibility index (Phi) is 3.93. The summed E-state index contributed by atoms with van der Waals surface area (Å²) < 4.78 is 5.35. The zero-order chi connectivity index (χ0) is 11.4. The van der Waals surface area contributed by atoms with Crippen LogP contribution in [0.25, 0.3) is 0 Å². The first-order valence-corrected chi connectivity index (χ1v) is 5.73. The molecule has 0 bridgehead atoms. The number of likely N-dealkylation sites (N-methyl/N-ethyl adjacent to an activating group) is 1. The van der Waals surface area contributed by atoms with Gasteiger partial charge >= 0.3 is 0 Å². The fraction of sp³-hybridized carbons (Fsp3) is 0.727. The van der Waals surface area contributed by atoms with Gasteiger partial charge in [0.15, 0.2) is 5.89 Å². The number of hydrogen-bond acceptors (Lipinski definition) is 5. The van der Waals surface area contributed by atoms with E-state index in [1.54, 1.807) is 6.20 Å². The van der Waals surface area contributed by atoms with Crippen LogP contribution in [0.3, 0.4) is 0 Å². The molecular formula is C11H19N3O2. The van der Waals surface area contributed by atoms with E-state index in [-0.39, 0.29) is 6.61 Å². The highest BCUT2D eigenvalue weighted by Crippen LogP contribution is 2.06. The van der Waals surface area contributed by atoms with Gasteiger partial charge in [0.2, 0.25) is 0 Å². The molecule has 16 heavy (non-hydrogen) atoms. The van der Waals surface area contributed by atoms with Gasteiger partial charge in [0.1, 0.15) is 12.4 Å². The van der Waals surface area contributed by atoms with Gasteiger partial charge < -0.3 is 19.3 Å². The van der Waals surface area contributed by atoms with Crippen LogP contribution in [0.2, 0.25) is 0 Å². The monoisotopic (exact) mass is 225 g/mol. The molecule has 0 aromatic carbocycles. The van der Waals surface area contributed by atoms with Crippen molar-refractivity contribution in [2.75, 3.05) is 39.8 Å². The van der Waals surface area contributed by atoms with Crippen LogP contribution in [0, 0.1) is 0 Å². The Hall–Kier alpha value is -0.910. The van der Waals surface area contributed by atoms with E-state index in [9.17, 15) is 0 Å². The molecule has 1 aromatic heterocycles. The van der Waals surface area contributed by atoms with Crippen LogP contribution < -0.4 is 0 Å². The summed E-state index contributed by atoms with van der Waals surface area (Å²) in [6.45, 7) is 5.41. The molecule has 90 valence electrons. The minimum atomic E-state index is -0.0679. The summed E-state index contributed by atoms with van der Waals surface area (Å²) in [5.41, 5.74) is 0. The van der Waals surface area contributed by atoms with Gasteiger partial charge in [-0.15, -0.1) is 0 Å². The quantitative estimate of drug-likeness (QED) is 0.779. The van der Waals surface area contributed by atoms with E-state index in [4.69, 9.17) is 9.52 Å². The Morgan fingerprint density at radius 1 is 1.38 bits per heavy atom. The number of nitrogens with zero attached hydrogens (tertiary/aromatic N) is 3. The van der Waals surface area contributed by atoms with Crippen molar-refractivity contribution < 1.29 is 9.52 Å². The second-order valence-corrected chi connectivity index (χ2v) is 4.27. The highest BCUT2D eigenvalue weighted by molar-refractivity contribution is 4.92. The van der Waals surface area contributed by atoms with Gasteiger partial charge in [0, 0.05) is 39.1 Å². The first kappa shape index (κ1) is 11.6. The molecule has 1 aliphatic rings. The van der Waals surface area contributed by atoms with Gasteiger partial charge in [-0.05, 0) is 7.05 Å². The normalized spacial score (nSPS) is 19.1. The molecule has 1 aromatic rings. The van der Waals surface area contributed by atoms with Crippen molar-refractivity contribution in [2.45, 2.75) is 13.0 Å². The zero-order valence-corrected chi connectivity index (χ0v) is 9.72. The van der Waals surface area contributed by atoms with Crippen molar-refractivity contribution in [3.63, 3.8) is 0 Å². The number of aliphatic hydroxyl groups excluding tert-OH is 1. The van der Waals surface area contributed by atoms with Crippen molar-refractivity contribution in [1.29, 1.82) is 0 Å². The number of aromatic nitrogens is 1. The molecule has 5 heteroatoms. The fourth-order valence-electron chi connectivity index (χ4n) is 1.86. The molecule has 0 aliphatic carbocycles. The van der Waals surface area contributed by atoms with E-state index in [0.29, 0.717) is 5.76 Å². The lowest BCUT2D eigenvalue weighted by Crippen LogP contribution is -2.45. The topological polar surface area (TPSA) is 52.7 Å². The zero-order valence-electron chi connectivity index (χ0n) is 9.72. The van der Waals surface area contributed by atoms with Crippen LogP contribution in [0.1, 0.15) is 11.7 Å². The molecule has 0 radical (unpaired) electrons. The summed E-state index contributed by atoms with van der Waals surface area (Å²) in [6.07, 6.45) is 2.42. The number of piperazine rings is 1. The third-order valence-electron chi connectivity index (χ3n) is 3.00. The maximum Gasteiger partial charge on any atom is 0.195 e. The summed E-state index contributed by atoms with van der Waals surface area (Å²) in [4.78, 5) is 8.88. The summed E-state index contributed by atoms with van der Waals surface area (Å²) in [6, 6.07) is 0. The lowest BCUT2D eigenvalue weighted by molar-refractivity contribution is 0.152. The molecule has 0 unspecified atom stereocenters. The molecule has 1 fully saturated rings. The average molecular weight is 225 g/mol. The van der Waals surface area contributed by atoms with E-state index in [0.717, 1.165) is 45.0 Å². The van der Waals surface area contributed by atoms with Gasteiger partial charge in [-0.2, -0.15) is 0 Å². The molecule has 2 rings (SSSR count). The summed E-state index contributed by atoms with van der Waals surface area (Å²) in [5, 5.41) is 8.85. The predicted octanol–water partition coefficient (Wildman–Crippen LogP) is -0.0432. The van der Waals surface area contributed by atoms with Gasteiger partial charge in [-0.25, -0.2) is 4.98 Å². The van der Waals surface area contributed by atoms with Crippen molar-refractivity contribution in [3.8, 4) is 0 Å². The van der Waals surface area contributed by atoms with Gasteiger partial charge in [-0.3, -0.25) is 0 Å². The maximum atomic E-state index is 8.85. The highest BCUT2D eigenvalue weighted by Gasteiger charge is 2.14. The van der Waals surface area contributed by atoms with Crippen LogP contribution in [-0.2, 0) is 13.0 Å². The Morgan fingerprint density at radius 3 is 2.75 bits per heavy atom. The molecule has 2 heterocycles. The molecule has 0 atom stereocenters. The van der Waals surface area contributed by atoms with Crippen molar-refractivity contribution in [3.05, 3.63) is 17.8 Å². The van der Waals surface area contributed by atoms with E-state index in [1.165, 1.54) is 0 Å². The molecule has 0 amide bonds. The van der Waals surface area contributed by atoms with Crippen LogP contribution in [-0.4, -0.2) is 59.7 Å². The van der Waals surface area contributed by atoms with Gasteiger partial charge in [0.25, 0.3) is 0 Å². The Balaban J connectivity index is 1.74. The molecule has 1 aliphatic heterocycles. The molecule has 1 N–H and O–H groups in total. The van der Waals surface area contributed by atoms with Gasteiger partial charge in [-0.1, -0.05) is 0 Å². The molecule has 0 saturated carbocycles. The molecule has 0 spiro atoms. The average Bonchev–Trinajstić information content (AvgIpc) is 2.76. The van der Waals surface area contributed by atoms with E-state index >= 15 is 0 Å². The van der Waals surface area contributed by atoms with Crippen LogP contribution in [0.4, 0.5) is 0 Å². The lowest BCUT2D eigenvalue weighted by atomic mass is 10.3. The standard InChI is InChI=1S/C11H19N3O2/c1-13-4-6-14(7-5-13)3-2-11-12-8-10(9-15)16-11/h8,15H,2-7,9H2,1H3. The van der Waals surface area contributed by atoms with E-state index in [1.807, 2.05) is 0 Å². The Morgan fingerprint density at radius 2 is 2.12 bits per heavy atom. The third-order valence-corrected chi connectivity index (χ3v) is 3.00. The fourth-order valence-corrected chi connectivity index (χ4v) is 1.86. The minimum absolute atomic E-state index is 0.0679. The lowest BCUT2D eigenvalue weighted by Gasteiger charge is -2.31. The highest BCUT2D eigenvalue weighted by atomic mass is 16.4. The molecular weight excluding hydrogens is 206 g/mol. The summed E-state index contributed by atoms with van der Waals surface area (Å²) >= 11 is 0. The smallest absolute Gasteiger partial charge is 0.195 e. The van der Waals surface area contributed by atoms with Crippen molar-refractivity contribution in [2.24, 2.45) is 0 Å². The Bertz CT molecular complexity index is 319. The second-order valence-electron chi connectivity index (χ2n) is 4.27. The number of oxazole rings is 1. The van der Waals surface area contributed by atoms with Crippen LogP contribution >= 0.6 is 0 Å². The predicted molar refractivity (Wildman–Crippen MR) is 60.1 cm³/mol. The first-order valence-electron chi connectivity index (χ1n) is 5.73. The minimum Gasteiger partial charge on any atom is -0.443 e. The number of rotatable bonds is 4. The summed E-state index contributed by atoms with van der Waals surface area (Å²) in [5.74, 6) is 1.27. The SMILES string of the molecule is CN1CCN(CCc2ncc(CO)o2)CC1. The second kappa shape index (κ2) is 5.43. The summed E-state index contributed by atoms with van der Waals surface area (Å²) in [7, 11) is 2.15. The Labute approximate surface area is 95.7 Å². The largest absolute Gasteiger partial charge is 0.443 e. The van der Waals surface area contributed by atoms with Gasteiger partial charge in [0.05, 0.1) is 6.20 Å².